The number of fused-ring (bicyclic) bond motifs is 1. The topological polar surface area (TPSA) is 85.5 Å². The van der Waals surface area contributed by atoms with E-state index in [1.807, 2.05) is 17.2 Å². The highest BCUT2D eigenvalue weighted by Gasteiger charge is 2.34. The zero-order valence-electron chi connectivity index (χ0n) is 20.1. The van der Waals surface area contributed by atoms with Crippen LogP contribution in [0.3, 0.4) is 0 Å². The first-order valence-electron chi connectivity index (χ1n) is 12.3. The molecule has 0 spiro atoms. The number of ether oxygens (including phenoxy) is 1. The maximum absolute atomic E-state index is 12.4. The molecule has 1 amide bonds. The Kier molecular flexibility index (Phi) is 6.58. The molecule has 3 N–H and O–H groups in total. The van der Waals surface area contributed by atoms with Crippen LogP contribution in [0, 0.1) is 5.92 Å². The average molecular weight is 463 g/mol. The Bertz CT molecular complexity index is 1150. The van der Waals surface area contributed by atoms with Crippen LogP contribution in [0.15, 0.2) is 36.5 Å². The lowest BCUT2D eigenvalue weighted by molar-refractivity contribution is -0.132. The van der Waals surface area contributed by atoms with Crippen LogP contribution in [0.2, 0.25) is 0 Å². The summed E-state index contributed by atoms with van der Waals surface area (Å²) < 4.78 is 5.73. The number of aromatic nitrogens is 2. The Morgan fingerprint density at radius 1 is 1.15 bits per heavy atom. The van der Waals surface area contributed by atoms with E-state index in [9.17, 15) is 4.79 Å². The van der Waals surface area contributed by atoms with Crippen LogP contribution in [0.1, 0.15) is 19.8 Å². The lowest BCUT2D eigenvalue weighted by Gasteiger charge is -2.36. The number of hydrogen-bond donors (Lipinski definition) is 3. The van der Waals surface area contributed by atoms with Crippen LogP contribution in [0.5, 0.6) is 5.75 Å². The fourth-order valence-electron chi connectivity index (χ4n) is 4.69. The first-order valence-corrected chi connectivity index (χ1v) is 12.3. The monoisotopic (exact) mass is 462 g/mol. The molecule has 34 heavy (non-hydrogen) atoms. The highest BCUT2D eigenvalue weighted by atomic mass is 16.5. The third kappa shape index (κ3) is 4.68. The number of H-pyrrole nitrogens is 1. The summed E-state index contributed by atoms with van der Waals surface area (Å²) in [6, 6.07) is 10.4. The summed E-state index contributed by atoms with van der Waals surface area (Å²) in [5.41, 5.74) is 5.04. The van der Waals surface area contributed by atoms with Gasteiger partial charge in [0.15, 0.2) is 0 Å². The van der Waals surface area contributed by atoms with Gasteiger partial charge in [-0.05, 0) is 43.7 Å². The molecular weight excluding hydrogens is 428 g/mol. The van der Waals surface area contributed by atoms with Crippen molar-refractivity contribution in [3.8, 4) is 17.0 Å². The first-order chi connectivity index (χ1) is 16.7. The first kappa shape index (κ1) is 22.5. The van der Waals surface area contributed by atoms with Gasteiger partial charge >= 0.3 is 0 Å². The fraction of sp³-hybridized carbons (Fsp3) is 0.462. The number of benzene rings is 1. The van der Waals surface area contributed by atoms with Gasteiger partial charge in [-0.2, -0.15) is 0 Å². The number of carbonyl (C=O) groups excluding carboxylic acids is 1. The molecule has 8 heteroatoms. The van der Waals surface area contributed by atoms with Gasteiger partial charge < -0.3 is 30.2 Å². The number of hydrogen-bond acceptors (Lipinski definition) is 6. The minimum Gasteiger partial charge on any atom is -0.496 e. The summed E-state index contributed by atoms with van der Waals surface area (Å²) >= 11 is 0. The van der Waals surface area contributed by atoms with Gasteiger partial charge in [-0.1, -0.05) is 6.92 Å². The zero-order valence-corrected chi connectivity index (χ0v) is 20.1. The van der Waals surface area contributed by atoms with Crippen molar-refractivity contribution in [3.05, 3.63) is 36.5 Å². The largest absolute Gasteiger partial charge is 0.496 e. The summed E-state index contributed by atoms with van der Waals surface area (Å²) in [5.74, 6) is 1.44. The third-order valence-corrected chi connectivity index (χ3v) is 6.74. The van der Waals surface area contributed by atoms with Crippen molar-refractivity contribution in [2.75, 3.05) is 63.1 Å². The summed E-state index contributed by atoms with van der Waals surface area (Å²) in [6.45, 7) is 8.10. The van der Waals surface area contributed by atoms with Gasteiger partial charge in [0, 0.05) is 79.8 Å². The van der Waals surface area contributed by atoms with Crippen molar-refractivity contribution < 1.29 is 9.53 Å². The van der Waals surface area contributed by atoms with Crippen molar-refractivity contribution >= 4 is 28.3 Å². The van der Waals surface area contributed by atoms with Gasteiger partial charge in [-0.15, -0.1) is 0 Å². The van der Waals surface area contributed by atoms with Crippen molar-refractivity contribution in [2.45, 2.75) is 19.8 Å². The molecule has 3 aromatic rings. The van der Waals surface area contributed by atoms with Crippen LogP contribution in [-0.4, -0.2) is 73.7 Å². The maximum atomic E-state index is 12.4. The van der Waals surface area contributed by atoms with Crippen LogP contribution < -0.4 is 20.3 Å². The van der Waals surface area contributed by atoms with E-state index < -0.39 is 0 Å². The number of carbonyl (C=O) groups is 1. The molecule has 1 aliphatic carbocycles. The van der Waals surface area contributed by atoms with E-state index in [2.05, 4.69) is 56.7 Å². The van der Waals surface area contributed by atoms with Gasteiger partial charge in [0.05, 0.1) is 12.8 Å². The van der Waals surface area contributed by atoms with Gasteiger partial charge in [0.1, 0.15) is 11.4 Å². The summed E-state index contributed by atoms with van der Waals surface area (Å²) in [5, 5.41) is 7.84. The molecule has 0 radical (unpaired) electrons. The van der Waals surface area contributed by atoms with Gasteiger partial charge in [-0.3, -0.25) is 4.79 Å². The number of nitrogens with one attached hydrogen (secondary N) is 3. The highest BCUT2D eigenvalue weighted by molar-refractivity contribution is 5.94. The van der Waals surface area contributed by atoms with E-state index in [4.69, 9.17) is 4.74 Å². The Morgan fingerprint density at radius 2 is 1.97 bits per heavy atom. The van der Waals surface area contributed by atoms with E-state index in [-0.39, 0.29) is 5.92 Å². The molecule has 5 rings (SSSR count). The molecule has 8 nitrogen and oxygen atoms in total. The zero-order chi connectivity index (χ0) is 23.5. The van der Waals surface area contributed by atoms with E-state index in [1.54, 1.807) is 7.11 Å². The molecule has 1 saturated heterocycles. The molecular formula is C26H34N6O2. The molecule has 2 aliphatic rings. The number of methoxy groups -OCH3 is 1. The minimum absolute atomic E-state index is 0.288. The summed E-state index contributed by atoms with van der Waals surface area (Å²) in [6.07, 6.45) is 3.98. The third-order valence-electron chi connectivity index (χ3n) is 6.74. The van der Waals surface area contributed by atoms with Crippen molar-refractivity contribution in [1.29, 1.82) is 0 Å². The van der Waals surface area contributed by atoms with Crippen molar-refractivity contribution in [3.63, 3.8) is 0 Å². The number of nitrogens with zero attached hydrogens (tertiary/aromatic N) is 3. The fourth-order valence-corrected chi connectivity index (χ4v) is 4.69. The van der Waals surface area contributed by atoms with Crippen LogP contribution in [0.25, 0.3) is 22.3 Å². The van der Waals surface area contributed by atoms with E-state index in [0.29, 0.717) is 5.91 Å². The van der Waals surface area contributed by atoms with Crippen LogP contribution in [0.4, 0.5) is 11.4 Å². The summed E-state index contributed by atoms with van der Waals surface area (Å²) in [4.78, 5) is 24.9. The lowest BCUT2D eigenvalue weighted by Crippen LogP contribution is -2.49. The normalized spacial score (nSPS) is 16.2. The predicted molar refractivity (Wildman–Crippen MR) is 137 cm³/mol. The SMILES string of the molecule is CCNCCNc1ccc(-c2cc3c(N4CCN(C(=O)C5CC5)CC4)ccnc3[nH]2)c(OC)c1. The number of amides is 1. The minimum atomic E-state index is 0.288. The molecule has 1 aliphatic heterocycles. The second-order valence-corrected chi connectivity index (χ2v) is 9.06. The molecule has 0 unspecified atom stereocenters. The van der Waals surface area contributed by atoms with Gasteiger partial charge in [-0.25, -0.2) is 4.98 Å². The van der Waals surface area contributed by atoms with E-state index >= 15 is 0 Å². The number of piperazine rings is 1. The Balaban J connectivity index is 1.35. The maximum Gasteiger partial charge on any atom is 0.225 e. The molecule has 2 fully saturated rings. The second kappa shape index (κ2) is 9.93. The molecule has 180 valence electrons. The molecule has 3 heterocycles. The number of rotatable bonds is 9. The lowest BCUT2D eigenvalue weighted by atomic mass is 10.1. The quantitative estimate of drug-likeness (QED) is 0.423. The molecule has 2 aromatic heterocycles. The Morgan fingerprint density at radius 3 is 2.71 bits per heavy atom. The second-order valence-electron chi connectivity index (χ2n) is 9.06. The number of aromatic amines is 1. The average Bonchev–Trinajstić information content (AvgIpc) is 3.64. The standard InChI is InChI=1S/C26H34N6O2/c1-3-27-10-11-28-19-6-7-20(24(16-19)34-2)22-17-21-23(8-9-29-25(21)30-22)31-12-14-32(15-13-31)26(33)18-4-5-18/h6-9,16-18,27-28H,3-5,10-15H2,1-2H3,(H,29,30). The smallest absolute Gasteiger partial charge is 0.225 e. The van der Waals surface area contributed by atoms with E-state index in [1.165, 1.54) is 0 Å². The molecule has 0 atom stereocenters. The van der Waals surface area contributed by atoms with Crippen LogP contribution >= 0.6 is 0 Å². The van der Waals surface area contributed by atoms with Crippen molar-refractivity contribution in [2.24, 2.45) is 5.92 Å². The molecule has 0 bridgehead atoms. The number of pyridine rings is 1. The molecule has 1 aromatic carbocycles. The van der Waals surface area contributed by atoms with Gasteiger partial charge in [0.25, 0.3) is 0 Å². The highest BCUT2D eigenvalue weighted by Crippen LogP contribution is 2.36. The molecule has 1 saturated carbocycles. The van der Waals surface area contributed by atoms with E-state index in [0.717, 1.165) is 98.1 Å². The predicted octanol–water partition coefficient (Wildman–Crippen LogP) is 3.32. The Labute approximate surface area is 200 Å². The number of likely N-dealkylation sites (N-methyl/N-ethyl adjacent to an activating group) is 1. The summed E-state index contributed by atoms with van der Waals surface area (Å²) in [7, 11) is 1.70. The van der Waals surface area contributed by atoms with Crippen LogP contribution in [-0.2, 0) is 4.79 Å². The number of anilines is 2. The van der Waals surface area contributed by atoms with Gasteiger partial charge in [0.2, 0.25) is 5.91 Å². The Hall–Kier alpha value is -3.26. The van der Waals surface area contributed by atoms with Crippen molar-refractivity contribution in [1.82, 2.24) is 20.2 Å².